The van der Waals surface area contributed by atoms with Gasteiger partial charge in [0, 0.05) is 0 Å². The van der Waals surface area contributed by atoms with Crippen LogP contribution in [0.1, 0.15) is 0 Å². The molecule has 7 heavy (non-hydrogen) atoms. The minimum absolute atomic E-state index is 0. The molecule has 0 unspecified atom stereocenters. The third-order valence-corrected chi connectivity index (χ3v) is 0. The molecule has 0 aliphatic heterocycles. The van der Waals surface area contributed by atoms with Crippen LogP contribution in [0.2, 0.25) is 0 Å². The summed E-state index contributed by atoms with van der Waals surface area (Å²) in [7, 11) is -3.13. The topological polar surface area (TPSA) is 57.5 Å². The molecule has 7 heteroatoms. The number of hydrogen-bond acceptors (Lipinski definition) is 1. The zero-order chi connectivity index (χ0) is 3.58. The summed E-state index contributed by atoms with van der Waals surface area (Å²) in [5.41, 5.74) is 0. The van der Waals surface area contributed by atoms with Crippen LogP contribution in [0.5, 0.6) is 0 Å². The van der Waals surface area contributed by atoms with Crippen LogP contribution < -0.4 is 0 Å². The summed E-state index contributed by atoms with van der Waals surface area (Å²) in [6.45, 7) is 0. The van der Waals surface area contributed by atoms with Crippen molar-refractivity contribution in [2.45, 2.75) is 0 Å². The van der Waals surface area contributed by atoms with Crippen LogP contribution in [-0.2, 0) is 4.46 Å². The van der Waals surface area contributed by atoms with Crippen molar-refractivity contribution in [2.75, 3.05) is 0 Å². The molecule has 0 heterocycles. The Labute approximate surface area is 98.1 Å². The molecule has 0 radical (unpaired) electrons. The van der Waals surface area contributed by atoms with Crippen LogP contribution in [0.3, 0.4) is 0 Å². The molecule has 0 aromatic rings. The minimum atomic E-state index is -3.13. The van der Waals surface area contributed by atoms with Gasteiger partial charge in [0.1, 0.15) is 0 Å². The summed E-state index contributed by atoms with van der Waals surface area (Å²) < 4.78 is 8.74. The van der Waals surface area contributed by atoms with E-state index in [1.807, 2.05) is 0 Å². The van der Waals surface area contributed by atoms with Crippen molar-refractivity contribution >= 4 is 85.6 Å². The molecule has 0 aliphatic rings. The van der Waals surface area contributed by atoms with Gasteiger partial charge in [-0.05, 0) is 0 Å². The normalized spacial score (nSPS) is 3.43. The van der Waals surface area contributed by atoms with E-state index < -0.39 is 9.17 Å². The summed E-state index contributed by atoms with van der Waals surface area (Å²) in [6, 6.07) is 0. The van der Waals surface area contributed by atoms with Crippen molar-refractivity contribution in [3.8, 4) is 0 Å². The second-order valence-electron chi connectivity index (χ2n) is 0.283. The molecule has 3 nitrogen and oxygen atoms in total. The Balaban J connectivity index is -0.0000000150. The molecule has 0 amide bonds. The van der Waals surface area contributed by atoms with Gasteiger partial charge in [0.25, 0.3) is 0 Å². The maximum atomic E-state index is 8.74. The Hall–Kier alpha value is 2.15. The molecule has 2 N–H and O–H groups in total. The quantitative estimate of drug-likeness (QED) is 0.350. The van der Waals surface area contributed by atoms with Gasteiger partial charge < -0.3 is 9.59 Å². The van der Waals surface area contributed by atoms with Crippen molar-refractivity contribution < 1.29 is 14.1 Å². The predicted octanol–water partition coefficient (Wildman–Crippen LogP) is -4.09. The molecule has 0 aliphatic carbocycles. The third kappa shape index (κ3) is 66.7. The first-order valence-electron chi connectivity index (χ1n) is 0.651. The van der Waals surface area contributed by atoms with E-state index in [4.69, 9.17) is 14.1 Å². The van der Waals surface area contributed by atoms with Crippen LogP contribution in [-0.4, -0.2) is 95.2 Å². The van der Waals surface area contributed by atoms with Crippen LogP contribution >= 0.6 is 0 Å². The van der Waals surface area contributed by atoms with Gasteiger partial charge in [-0.15, -0.1) is 0 Å². The standard InChI is InChI=1S/Al.2Na.H2O3Si.5H/c;;;1-4(2)3;;;;;/h;;;1-2H;;;;;. The first-order valence-corrected chi connectivity index (χ1v) is 1.95. The van der Waals surface area contributed by atoms with Crippen molar-refractivity contribution in [1.82, 2.24) is 0 Å². The summed E-state index contributed by atoms with van der Waals surface area (Å²) in [5, 5.41) is 0. The maximum absolute atomic E-state index is 8.74. The Bertz CT molecular complexity index is 35.9. The first-order chi connectivity index (χ1) is 1.73. The zero-order valence-electron chi connectivity index (χ0n) is 1.80. The summed E-state index contributed by atoms with van der Waals surface area (Å²) in [5.74, 6) is 0. The van der Waals surface area contributed by atoms with E-state index in [-0.39, 0.29) is 76.5 Å². The molecular weight excluding hydrogens is 149 g/mol. The molecule has 0 fully saturated rings. The number of hydrogen-bond donors (Lipinski definition) is 2. The molecule has 0 saturated carbocycles. The van der Waals surface area contributed by atoms with Gasteiger partial charge in [-0.1, -0.05) is 0 Å². The van der Waals surface area contributed by atoms with Gasteiger partial charge in [-0.3, -0.25) is 4.46 Å². The first kappa shape index (κ1) is 22.9. The SMILES string of the molecule is O=[Si](O)O.[AlH3].[NaH].[NaH]. The Morgan fingerprint density at radius 3 is 1.14 bits per heavy atom. The summed E-state index contributed by atoms with van der Waals surface area (Å²) in [6.07, 6.45) is 0. The monoisotopic (exact) mass is 156 g/mol. The second-order valence-corrected chi connectivity index (χ2v) is 0.848. The van der Waals surface area contributed by atoms with Gasteiger partial charge in [0.15, 0.2) is 17.4 Å². The van der Waals surface area contributed by atoms with E-state index in [2.05, 4.69) is 0 Å². The molecular formula is H7AlNa2O3Si. The van der Waals surface area contributed by atoms with E-state index in [0.29, 0.717) is 0 Å². The Morgan fingerprint density at radius 1 is 1.14 bits per heavy atom. The van der Waals surface area contributed by atoms with Crippen molar-refractivity contribution in [3.63, 3.8) is 0 Å². The van der Waals surface area contributed by atoms with E-state index in [9.17, 15) is 0 Å². The van der Waals surface area contributed by atoms with Gasteiger partial charge in [0.05, 0.1) is 0 Å². The van der Waals surface area contributed by atoms with Gasteiger partial charge in [-0.25, -0.2) is 0 Å². The molecule has 0 aromatic heterocycles. The third-order valence-electron chi connectivity index (χ3n) is 0. The van der Waals surface area contributed by atoms with E-state index in [0.717, 1.165) is 0 Å². The average Bonchev–Trinajstić information content (AvgIpc) is 0.811. The molecule has 0 bridgehead atoms. The van der Waals surface area contributed by atoms with Crippen molar-refractivity contribution in [1.29, 1.82) is 0 Å². The fraction of sp³-hybridized carbons (Fsp3) is 0. The second kappa shape index (κ2) is 15.7. The van der Waals surface area contributed by atoms with E-state index in [1.54, 1.807) is 0 Å². The molecule has 0 atom stereocenters. The predicted molar refractivity (Wildman–Crippen MR) is 35.1 cm³/mol. The van der Waals surface area contributed by atoms with Gasteiger partial charge in [0.2, 0.25) is 0 Å². The van der Waals surface area contributed by atoms with Crippen molar-refractivity contribution in [2.24, 2.45) is 0 Å². The Kier molecular flexibility index (Phi) is 51.4. The fourth-order valence-corrected chi connectivity index (χ4v) is 0. The summed E-state index contributed by atoms with van der Waals surface area (Å²) in [4.78, 5) is 14.3. The van der Waals surface area contributed by atoms with Crippen LogP contribution in [0.4, 0.5) is 0 Å². The molecule has 0 rings (SSSR count). The molecule has 0 spiro atoms. The van der Waals surface area contributed by atoms with Crippen LogP contribution in [0.25, 0.3) is 0 Å². The molecule has 0 saturated heterocycles. The van der Waals surface area contributed by atoms with Gasteiger partial charge in [-0.2, -0.15) is 0 Å². The summed E-state index contributed by atoms with van der Waals surface area (Å²) >= 11 is 0. The Morgan fingerprint density at radius 2 is 1.14 bits per heavy atom. The van der Waals surface area contributed by atoms with Gasteiger partial charge >= 0.3 is 68.3 Å². The van der Waals surface area contributed by atoms with E-state index in [1.165, 1.54) is 0 Å². The molecule has 0 aromatic carbocycles. The van der Waals surface area contributed by atoms with E-state index >= 15 is 0 Å². The van der Waals surface area contributed by atoms with Crippen molar-refractivity contribution in [3.05, 3.63) is 0 Å². The van der Waals surface area contributed by atoms with Crippen LogP contribution in [0.15, 0.2) is 0 Å². The van der Waals surface area contributed by atoms with Crippen LogP contribution in [0, 0.1) is 0 Å². The zero-order valence-corrected chi connectivity index (χ0v) is 2.80. The fourth-order valence-electron chi connectivity index (χ4n) is 0. The number of rotatable bonds is 0. The average molecular weight is 156 g/mol. The molecule has 34 valence electrons.